The van der Waals surface area contributed by atoms with E-state index >= 15 is 0 Å². The summed E-state index contributed by atoms with van der Waals surface area (Å²) in [7, 11) is 1.89. The van der Waals surface area contributed by atoms with E-state index in [0.29, 0.717) is 5.69 Å². The Morgan fingerprint density at radius 3 is 2.59 bits per heavy atom. The standard InChI is InChI=1S/C20H23N5O2/c1-4-23(5-2)12-13-24-16-10-11-17(25(26)27)20-18(16)19(21-24)14-8-6-7-9-15(14)22(20)3/h6-11H,4-5,12-13H2,1-3H3. The molecule has 0 aliphatic carbocycles. The number of anilines is 2. The lowest BCUT2D eigenvalue weighted by Crippen LogP contribution is -2.27. The van der Waals surface area contributed by atoms with Gasteiger partial charge in [-0.05, 0) is 25.2 Å². The maximum atomic E-state index is 11.7. The monoisotopic (exact) mass is 365 g/mol. The van der Waals surface area contributed by atoms with E-state index in [1.807, 2.05) is 47.0 Å². The Kier molecular flexibility index (Phi) is 4.31. The number of nitro groups is 1. The summed E-state index contributed by atoms with van der Waals surface area (Å²) in [5.41, 5.74) is 4.47. The van der Waals surface area contributed by atoms with Gasteiger partial charge in [-0.25, -0.2) is 0 Å². The molecule has 0 fully saturated rings. The third-order valence-corrected chi connectivity index (χ3v) is 5.45. The van der Waals surface area contributed by atoms with Gasteiger partial charge in [0.05, 0.1) is 28.1 Å². The third-order valence-electron chi connectivity index (χ3n) is 5.45. The smallest absolute Gasteiger partial charge is 0.293 e. The predicted octanol–water partition coefficient (Wildman–Crippen LogP) is 4.03. The van der Waals surface area contributed by atoms with Gasteiger partial charge in [-0.2, -0.15) is 5.10 Å². The number of para-hydroxylation sites is 1. The summed E-state index contributed by atoms with van der Waals surface area (Å²) >= 11 is 0. The molecule has 140 valence electrons. The second-order valence-electron chi connectivity index (χ2n) is 6.76. The van der Waals surface area contributed by atoms with Gasteiger partial charge >= 0.3 is 0 Å². The van der Waals surface area contributed by atoms with Crippen molar-refractivity contribution in [2.75, 3.05) is 31.6 Å². The number of nitro benzene ring substituents is 1. The summed E-state index contributed by atoms with van der Waals surface area (Å²) in [6, 6.07) is 11.4. The zero-order chi connectivity index (χ0) is 19.1. The quantitative estimate of drug-likeness (QED) is 0.487. The number of hydrogen-bond acceptors (Lipinski definition) is 5. The van der Waals surface area contributed by atoms with E-state index in [4.69, 9.17) is 5.10 Å². The lowest BCUT2D eigenvalue weighted by Gasteiger charge is -2.26. The fourth-order valence-electron chi connectivity index (χ4n) is 3.95. The first kappa shape index (κ1) is 17.5. The van der Waals surface area contributed by atoms with Crippen LogP contribution in [0.15, 0.2) is 36.4 Å². The molecule has 1 aliphatic rings. The second-order valence-corrected chi connectivity index (χ2v) is 6.76. The summed E-state index contributed by atoms with van der Waals surface area (Å²) < 4.78 is 1.99. The van der Waals surface area contributed by atoms with Crippen molar-refractivity contribution in [3.63, 3.8) is 0 Å². The van der Waals surface area contributed by atoms with Crippen molar-refractivity contribution in [2.45, 2.75) is 20.4 Å². The molecular weight excluding hydrogens is 342 g/mol. The van der Waals surface area contributed by atoms with Crippen LogP contribution in [0, 0.1) is 10.1 Å². The highest BCUT2D eigenvalue weighted by molar-refractivity contribution is 6.12. The molecule has 27 heavy (non-hydrogen) atoms. The average Bonchev–Trinajstić information content (AvgIpc) is 3.06. The molecule has 0 radical (unpaired) electrons. The predicted molar refractivity (Wildman–Crippen MR) is 108 cm³/mol. The first-order chi connectivity index (χ1) is 13.1. The summed E-state index contributed by atoms with van der Waals surface area (Å²) in [6.45, 7) is 7.93. The fourth-order valence-corrected chi connectivity index (χ4v) is 3.95. The minimum Gasteiger partial charge on any atom is -0.338 e. The molecule has 0 amide bonds. The Bertz CT molecular complexity index is 1020. The van der Waals surface area contributed by atoms with Crippen LogP contribution in [0.1, 0.15) is 13.8 Å². The molecule has 0 atom stereocenters. The van der Waals surface area contributed by atoms with E-state index < -0.39 is 0 Å². The minimum atomic E-state index is -0.309. The highest BCUT2D eigenvalue weighted by Gasteiger charge is 2.32. The summed E-state index contributed by atoms with van der Waals surface area (Å²) in [5, 5.41) is 17.4. The molecule has 2 aromatic carbocycles. The lowest BCUT2D eigenvalue weighted by atomic mass is 9.98. The van der Waals surface area contributed by atoms with Crippen LogP contribution in [0.3, 0.4) is 0 Å². The van der Waals surface area contributed by atoms with Crippen LogP contribution in [0.5, 0.6) is 0 Å². The topological polar surface area (TPSA) is 67.4 Å². The molecular formula is C20H23N5O2. The van der Waals surface area contributed by atoms with Gasteiger partial charge in [-0.1, -0.05) is 32.0 Å². The molecule has 0 bridgehead atoms. The molecule has 4 rings (SSSR count). The van der Waals surface area contributed by atoms with Crippen LogP contribution < -0.4 is 4.90 Å². The zero-order valence-corrected chi connectivity index (χ0v) is 15.8. The minimum absolute atomic E-state index is 0.115. The first-order valence-electron chi connectivity index (χ1n) is 9.30. The van der Waals surface area contributed by atoms with Crippen LogP contribution in [0.2, 0.25) is 0 Å². The molecule has 0 unspecified atom stereocenters. The molecule has 1 aliphatic heterocycles. The van der Waals surface area contributed by atoms with E-state index in [2.05, 4.69) is 18.7 Å². The van der Waals surface area contributed by atoms with Gasteiger partial charge in [-0.3, -0.25) is 14.8 Å². The van der Waals surface area contributed by atoms with E-state index in [-0.39, 0.29) is 10.6 Å². The summed E-state index contributed by atoms with van der Waals surface area (Å²) in [4.78, 5) is 15.6. The van der Waals surface area contributed by atoms with E-state index in [1.165, 1.54) is 0 Å². The highest BCUT2D eigenvalue weighted by atomic mass is 16.6. The molecule has 0 N–H and O–H groups in total. The van der Waals surface area contributed by atoms with Gasteiger partial charge in [0.2, 0.25) is 0 Å². The number of nitrogens with zero attached hydrogens (tertiary/aromatic N) is 5. The molecule has 7 heteroatoms. The van der Waals surface area contributed by atoms with Crippen LogP contribution >= 0.6 is 0 Å². The average molecular weight is 365 g/mol. The summed E-state index contributed by atoms with van der Waals surface area (Å²) in [5.74, 6) is 0. The van der Waals surface area contributed by atoms with Gasteiger partial charge in [0, 0.05) is 25.2 Å². The molecule has 7 nitrogen and oxygen atoms in total. The van der Waals surface area contributed by atoms with E-state index in [0.717, 1.165) is 54.0 Å². The van der Waals surface area contributed by atoms with Crippen LogP contribution in [0.25, 0.3) is 22.2 Å². The Labute approximate surface area is 157 Å². The van der Waals surface area contributed by atoms with Gasteiger partial charge in [0.1, 0.15) is 11.4 Å². The fraction of sp³-hybridized carbons (Fsp3) is 0.350. The van der Waals surface area contributed by atoms with Crippen molar-refractivity contribution in [1.29, 1.82) is 0 Å². The Balaban J connectivity index is 1.93. The van der Waals surface area contributed by atoms with Crippen LogP contribution in [-0.2, 0) is 6.54 Å². The molecule has 0 saturated carbocycles. The van der Waals surface area contributed by atoms with E-state index in [1.54, 1.807) is 6.07 Å². The molecule has 3 aromatic rings. The number of likely N-dealkylation sites (N-methyl/N-ethyl adjacent to an activating group) is 1. The van der Waals surface area contributed by atoms with Crippen molar-refractivity contribution in [2.24, 2.45) is 0 Å². The number of aromatic nitrogens is 2. The number of rotatable bonds is 6. The van der Waals surface area contributed by atoms with Gasteiger partial charge in [0.15, 0.2) is 0 Å². The van der Waals surface area contributed by atoms with Crippen LogP contribution in [-0.4, -0.2) is 46.3 Å². The Hall–Kier alpha value is -2.93. The maximum Gasteiger partial charge on any atom is 0.293 e. The van der Waals surface area contributed by atoms with Crippen molar-refractivity contribution in [3.8, 4) is 11.3 Å². The largest absolute Gasteiger partial charge is 0.338 e. The molecule has 2 heterocycles. The van der Waals surface area contributed by atoms with Crippen molar-refractivity contribution < 1.29 is 4.92 Å². The molecule has 0 spiro atoms. The number of benzene rings is 2. The number of hydrogen-bond donors (Lipinski definition) is 0. The number of fused-ring (bicyclic) bond motifs is 2. The van der Waals surface area contributed by atoms with Crippen molar-refractivity contribution >= 4 is 28.0 Å². The first-order valence-corrected chi connectivity index (χ1v) is 9.30. The second kappa shape index (κ2) is 6.66. The van der Waals surface area contributed by atoms with Gasteiger partial charge < -0.3 is 9.80 Å². The van der Waals surface area contributed by atoms with E-state index in [9.17, 15) is 10.1 Å². The third kappa shape index (κ3) is 2.66. The van der Waals surface area contributed by atoms with Crippen LogP contribution in [0.4, 0.5) is 17.1 Å². The lowest BCUT2D eigenvalue weighted by molar-refractivity contribution is -0.384. The normalized spacial score (nSPS) is 12.7. The highest BCUT2D eigenvalue weighted by Crippen LogP contribution is 2.49. The Morgan fingerprint density at radius 1 is 1.15 bits per heavy atom. The zero-order valence-electron chi connectivity index (χ0n) is 15.8. The van der Waals surface area contributed by atoms with Gasteiger partial charge in [-0.15, -0.1) is 0 Å². The van der Waals surface area contributed by atoms with Crippen molar-refractivity contribution in [3.05, 3.63) is 46.5 Å². The summed E-state index contributed by atoms with van der Waals surface area (Å²) in [6.07, 6.45) is 0. The molecule has 1 aromatic heterocycles. The SMILES string of the molecule is CCN(CC)CCn1nc2c3c(c([N+](=O)[O-])ccc31)N(C)c1ccccc1-2. The maximum absolute atomic E-state index is 11.7. The van der Waals surface area contributed by atoms with Crippen molar-refractivity contribution in [1.82, 2.24) is 14.7 Å². The Morgan fingerprint density at radius 2 is 1.89 bits per heavy atom. The van der Waals surface area contributed by atoms with Gasteiger partial charge in [0.25, 0.3) is 5.69 Å². The molecule has 0 saturated heterocycles.